The summed E-state index contributed by atoms with van der Waals surface area (Å²) in [5, 5.41) is 11.2. The summed E-state index contributed by atoms with van der Waals surface area (Å²) in [6, 6.07) is -0.500. The van der Waals surface area contributed by atoms with E-state index in [0.717, 1.165) is 0 Å². The number of carbonyl (C=O) groups is 1. The standard InChI is InChI=1S/C7H16N4O2/c1-3-11(7(9)12)4-5(2)6(8)10-13/h5,13H,3-4H2,1-2H3,(H2,8,10)(H2,9,12). The summed E-state index contributed by atoms with van der Waals surface area (Å²) in [5.74, 6) is -0.0999. The van der Waals surface area contributed by atoms with E-state index in [9.17, 15) is 4.79 Å². The van der Waals surface area contributed by atoms with E-state index in [1.165, 1.54) is 4.90 Å². The second kappa shape index (κ2) is 5.23. The maximum Gasteiger partial charge on any atom is 0.314 e. The molecule has 0 aliphatic heterocycles. The average molecular weight is 188 g/mol. The van der Waals surface area contributed by atoms with E-state index in [2.05, 4.69) is 5.16 Å². The van der Waals surface area contributed by atoms with E-state index in [0.29, 0.717) is 13.1 Å². The Morgan fingerprint density at radius 2 is 2.15 bits per heavy atom. The van der Waals surface area contributed by atoms with Gasteiger partial charge in [-0.1, -0.05) is 12.1 Å². The Hall–Kier alpha value is -1.46. The monoisotopic (exact) mass is 188 g/mol. The van der Waals surface area contributed by atoms with Gasteiger partial charge in [-0.15, -0.1) is 0 Å². The van der Waals surface area contributed by atoms with Crippen LogP contribution >= 0.6 is 0 Å². The molecule has 0 aliphatic rings. The quantitative estimate of drug-likeness (QED) is 0.245. The van der Waals surface area contributed by atoms with Crippen LogP contribution in [0.4, 0.5) is 4.79 Å². The van der Waals surface area contributed by atoms with Crippen molar-refractivity contribution in [1.29, 1.82) is 0 Å². The molecule has 1 unspecified atom stereocenters. The molecule has 0 saturated carbocycles. The first-order valence-electron chi connectivity index (χ1n) is 4.04. The number of hydrogen-bond donors (Lipinski definition) is 3. The molecule has 0 aromatic heterocycles. The van der Waals surface area contributed by atoms with Gasteiger partial charge in [-0.25, -0.2) is 4.79 Å². The third-order valence-electron chi connectivity index (χ3n) is 1.81. The summed E-state index contributed by atoms with van der Waals surface area (Å²) >= 11 is 0. The number of nitrogens with two attached hydrogens (primary N) is 2. The third-order valence-corrected chi connectivity index (χ3v) is 1.81. The molecule has 13 heavy (non-hydrogen) atoms. The molecule has 0 saturated heterocycles. The summed E-state index contributed by atoms with van der Waals surface area (Å²) in [6.45, 7) is 4.44. The maximum atomic E-state index is 10.8. The maximum absolute atomic E-state index is 10.8. The van der Waals surface area contributed by atoms with E-state index >= 15 is 0 Å². The second-order valence-corrected chi connectivity index (χ2v) is 2.80. The van der Waals surface area contributed by atoms with Crippen LogP contribution in [0.3, 0.4) is 0 Å². The molecule has 76 valence electrons. The number of nitrogens with zero attached hydrogens (tertiary/aromatic N) is 2. The van der Waals surface area contributed by atoms with Crippen molar-refractivity contribution in [3.63, 3.8) is 0 Å². The average Bonchev–Trinajstić information content (AvgIpc) is 2.11. The highest BCUT2D eigenvalue weighted by atomic mass is 16.4. The predicted octanol–water partition coefficient (Wildman–Crippen LogP) is -0.230. The lowest BCUT2D eigenvalue weighted by molar-refractivity contribution is 0.206. The number of rotatable bonds is 4. The van der Waals surface area contributed by atoms with E-state index in [-0.39, 0.29) is 11.8 Å². The van der Waals surface area contributed by atoms with Crippen LogP contribution in [0.5, 0.6) is 0 Å². The molecule has 0 rings (SSSR count). The fourth-order valence-corrected chi connectivity index (χ4v) is 0.898. The van der Waals surface area contributed by atoms with E-state index in [1.54, 1.807) is 6.92 Å². The molecule has 6 heteroatoms. The third kappa shape index (κ3) is 3.64. The first-order valence-corrected chi connectivity index (χ1v) is 4.04. The zero-order valence-corrected chi connectivity index (χ0v) is 7.90. The van der Waals surface area contributed by atoms with Gasteiger partial charge in [-0.05, 0) is 6.92 Å². The van der Waals surface area contributed by atoms with Crippen LogP contribution in [0, 0.1) is 5.92 Å². The molecule has 6 nitrogen and oxygen atoms in total. The first-order chi connectivity index (χ1) is 6.02. The van der Waals surface area contributed by atoms with Crippen LogP contribution < -0.4 is 11.5 Å². The number of amides is 2. The fourth-order valence-electron chi connectivity index (χ4n) is 0.898. The largest absolute Gasteiger partial charge is 0.409 e. The van der Waals surface area contributed by atoms with Crippen molar-refractivity contribution in [1.82, 2.24) is 4.90 Å². The zero-order valence-electron chi connectivity index (χ0n) is 7.90. The Labute approximate surface area is 77.2 Å². The van der Waals surface area contributed by atoms with Gasteiger partial charge in [0.2, 0.25) is 0 Å². The van der Waals surface area contributed by atoms with Crippen molar-refractivity contribution in [3.8, 4) is 0 Å². The van der Waals surface area contributed by atoms with Gasteiger partial charge in [0.1, 0.15) is 5.84 Å². The van der Waals surface area contributed by atoms with E-state index in [4.69, 9.17) is 16.7 Å². The summed E-state index contributed by atoms with van der Waals surface area (Å²) in [5.41, 5.74) is 10.4. The van der Waals surface area contributed by atoms with Gasteiger partial charge >= 0.3 is 6.03 Å². The lowest BCUT2D eigenvalue weighted by atomic mass is 10.1. The van der Waals surface area contributed by atoms with Gasteiger partial charge in [0.15, 0.2) is 0 Å². The lowest BCUT2D eigenvalue weighted by Crippen LogP contribution is -2.41. The van der Waals surface area contributed by atoms with Crippen LogP contribution in [-0.4, -0.2) is 35.1 Å². The highest BCUT2D eigenvalue weighted by Gasteiger charge is 2.14. The van der Waals surface area contributed by atoms with Crippen molar-refractivity contribution in [3.05, 3.63) is 0 Å². The molecule has 0 radical (unpaired) electrons. The molecule has 0 bridgehead atoms. The number of urea groups is 1. The van der Waals surface area contributed by atoms with Crippen molar-refractivity contribution in [2.75, 3.05) is 13.1 Å². The number of primary amides is 1. The number of carbonyl (C=O) groups excluding carboxylic acids is 1. The molecular weight excluding hydrogens is 172 g/mol. The predicted molar refractivity (Wildman–Crippen MR) is 49.4 cm³/mol. The summed E-state index contributed by atoms with van der Waals surface area (Å²) in [6.07, 6.45) is 0. The SMILES string of the molecule is CCN(CC(C)C(N)=NO)C(N)=O. The Bertz CT molecular complexity index is 205. The van der Waals surface area contributed by atoms with Crippen LogP contribution in [0.1, 0.15) is 13.8 Å². The van der Waals surface area contributed by atoms with Gasteiger partial charge in [0.25, 0.3) is 0 Å². The van der Waals surface area contributed by atoms with Gasteiger partial charge in [-0.2, -0.15) is 0 Å². The highest BCUT2D eigenvalue weighted by molar-refractivity contribution is 5.82. The molecule has 0 aromatic carbocycles. The van der Waals surface area contributed by atoms with Gasteiger partial charge < -0.3 is 21.6 Å². The van der Waals surface area contributed by atoms with Crippen molar-refractivity contribution in [2.24, 2.45) is 22.5 Å². The topological polar surface area (TPSA) is 105 Å². The van der Waals surface area contributed by atoms with Crippen LogP contribution in [0.25, 0.3) is 0 Å². The van der Waals surface area contributed by atoms with Gasteiger partial charge in [0, 0.05) is 19.0 Å². The van der Waals surface area contributed by atoms with Crippen molar-refractivity contribution >= 4 is 11.9 Å². The Balaban J connectivity index is 4.16. The molecule has 0 aliphatic carbocycles. The summed E-state index contributed by atoms with van der Waals surface area (Å²) < 4.78 is 0. The molecule has 0 heterocycles. The Kier molecular flexibility index (Phi) is 4.64. The minimum absolute atomic E-state index is 0.0969. The number of amidine groups is 1. The minimum atomic E-state index is -0.500. The zero-order chi connectivity index (χ0) is 10.4. The molecule has 0 aromatic rings. The fraction of sp³-hybridized carbons (Fsp3) is 0.714. The van der Waals surface area contributed by atoms with Crippen molar-refractivity contribution in [2.45, 2.75) is 13.8 Å². The Morgan fingerprint density at radius 3 is 2.46 bits per heavy atom. The van der Waals surface area contributed by atoms with Crippen molar-refractivity contribution < 1.29 is 10.0 Å². The molecular formula is C7H16N4O2. The molecule has 0 spiro atoms. The molecule has 2 amide bonds. The van der Waals surface area contributed by atoms with Crippen LogP contribution in [-0.2, 0) is 0 Å². The molecule has 1 atom stereocenters. The molecule has 5 N–H and O–H groups in total. The Morgan fingerprint density at radius 1 is 1.62 bits per heavy atom. The number of oxime groups is 1. The van der Waals surface area contributed by atoms with Crippen LogP contribution in [0.2, 0.25) is 0 Å². The first kappa shape index (κ1) is 11.5. The van der Waals surface area contributed by atoms with Gasteiger partial charge in [0.05, 0.1) is 0 Å². The minimum Gasteiger partial charge on any atom is -0.409 e. The normalized spacial score (nSPS) is 13.8. The summed E-state index contributed by atoms with van der Waals surface area (Å²) in [4.78, 5) is 12.2. The smallest absolute Gasteiger partial charge is 0.314 e. The van der Waals surface area contributed by atoms with Crippen LogP contribution in [0.15, 0.2) is 5.16 Å². The van der Waals surface area contributed by atoms with E-state index < -0.39 is 6.03 Å². The van der Waals surface area contributed by atoms with E-state index in [1.807, 2.05) is 6.92 Å². The second-order valence-electron chi connectivity index (χ2n) is 2.80. The lowest BCUT2D eigenvalue weighted by Gasteiger charge is -2.21. The highest BCUT2D eigenvalue weighted by Crippen LogP contribution is 1.99. The number of hydrogen-bond acceptors (Lipinski definition) is 3. The molecule has 0 fully saturated rings. The van der Waals surface area contributed by atoms with Gasteiger partial charge in [-0.3, -0.25) is 0 Å². The summed E-state index contributed by atoms with van der Waals surface area (Å²) in [7, 11) is 0.